The molecule has 0 saturated heterocycles. The number of H-pyrrole nitrogens is 1. The SMILES string of the molecule is Cc1sc(C(C)C)nc1-c1ccc2[nH]c(-c3c(F)cccc3F)cc2c1. The highest BCUT2D eigenvalue weighted by molar-refractivity contribution is 7.12. The quantitative estimate of drug-likeness (QED) is 0.430. The smallest absolute Gasteiger partial charge is 0.135 e. The van der Waals surface area contributed by atoms with Gasteiger partial charge in [0.2, 0.25) is 0 Å². The summed E-state index contributed by atoms with van der Waals surface area (Å²) >= 11 is 1.71. The maximum atomic E-state index is 14.1. The Morgan fingerprint density at radius 1 is 1.04 bits per heavy atom. The Bertz CT molecular complexity index is 1090. The van der Waals surface area contributed by atoms with Crippen LogP contribution in [0.25, 0.3) is 33.4 Å². The van der Waals surface area contributed by atoms with Crippen LogP contribution in [0.5, 0.6) is 0 Å². The molecule has 0 saturated carbocycles. The first-order valence-corrected chi connectivity index (χ1v) is 9.30. The van der Waals surface area contributed by atoms with Gasteiger partial charge in [0.05, 0.1) is 22.0 Å². The van der Waals surface area contributed by atoms with E-state index in [-0.39, 0.29) is 5.56 Å². The first kappa shape index (κ1) is 16.9. The number of hydrogen-bond donors (Lipinski definition) is 1. The lowest BCUT2D eigenvalue weighted by Crippen LogP contribution is -1.89. The third kappa shape index (κ3) is 2.82. The maximum absolute atomic E-state index is 14.1. The highest BCUT2D eigenvalue weighted by Gasteiger charge is 2.16. The number of nitrogens with one attached hydrogen (secondary N) is 1. The summed E-state index contributed by atoms with van der Waals surface area (Å²) < 4.78 is 28.1. The first-order chi connectivity index (χ1) is 12.4. The fourth-order valence-electron chi connectivity index (χ4n) is 3.10. The van der Waals surface area contributed by atoms with Crippen molar-refractivity contribution in [2.45, 2.75) is 26.7 Å². The van der Waals surface area contributed by atoms with Crippen molar-refractivity contribution in [3.63, 3.8) is 0 Å². The van der Waals surface area contributed by atoms with E-state index in [2.05, 4.69) is 25.8 Å². The van der Waals surface area contributed by atoms with Crippen LogP contribution < -0.4 is 0 Å². The predicted molar refractivity (Wildman–Crippen MR) is 104 cm³/mol. The van der Waals surface area contributed by atoms with Crippen LogP contribution in [-0.2, 0) is 0 Å². The minimum absolute atomic E-state index is 0.0304. The molecule has 26 heavy (non-hydrogen) atoms. The molecule has 132 valence electrons. The van der Waals surface area contributed by atoms with Gasteiger partial charge in [-0.2, -0.15) is 0 Å². The van der Waals surface area contributed by atoms with Crippen LogP contribution in [0.3, 0.4) is 0 Å². The molecule has 0 unspecified atom stereocenters. The van der Waals surface area contributed by atoms with E-state index >= 15 is 0 Å². The summed E-state index contributed by atoms with van der Waals surface area (Å²) in [5.41, 5.74) is 3.23. The number of benzene rings is 2. The van der Waals surface area contributed by atoms with Crippen molar-refractivity contribution < 1.29 is 8.78 Å². The summed E-state index contributed by atoms with van der Waals surface area (Å²) in [7, 11) is 0. The van der Waals surface area contributed by atoms with Crippen molar-refractivity contribution in [1.82, 2.24) is 9.97 Å². The summed E-state index contributed by atoms with van der Waals surface area (Å²) in [5.74, 6) is -0.763. The Kier molecular flexibility index (Phi) is 4.11. The van der Waals surface area contributed by atoms with Gasteiger partial charge in [0, 0.05) is 27.3 Å². The lowest BCUT2D eigenvalue weighted by atomic mass is 10.1. The van der Waals surface area contributed by atoms with E-state index in [9.17, 15) is 8.78 Å². The van der Waals surface area contributed by atoms with Gasteiger partial charge in [0.25, 0.3) is 0 Å². The summed E-state index contributed by atoms with van der Waals surface area (Å²) in [6, 6.07) is 11.6. The molecule has 5 heteroatoms. The normalized spacial score (nSPS) is 11.6. The fraction of sp³-hybridized carbons (Fsp3) is 0.190. The Labute approximate surface area is 154 Å². The molecular weight excluding hydrogens is 350 g/mol. The van der Waals surface area contributed by atoms with Gasteiger partial charge in [-0.25, -0.2) is 13.8 Å². The number of halogens is 2. The van der Waals surface area contributed by atoms with E-state index in [1.165, 1.54) is 23.1 Å². The zero-order chi connectivity index (χ0) is 18.4. The molecule has 0 aliphatic heterocycles. The van der Waals surface area contributed by atoms with Gasteiger partial charge >= 0.3 is 0 Å². The van der Waals surface area contributed by atoms with E-state index in [4.69, 9.17) is 4.98 Å². The predicted octanol–water partition coefficient (Wildman–Crippen LogP) is 6.67. The van der Waals surface area contributed by atoms with Crippen LogP contribution in [0, 0.1) is 18.6 Å². The largest absolute Gasteiger partial charge is 0.354 e. The third-order valence-electron chi connectivity index (χ3n) is 4.43. The second-order valence-electron chi connectivity index (χ2n) is 6.69. The molecule has 0 amide bonds. The van der Waals surface area contributed by atoms with Gasteiger partial charge in [0.1, 0.15) is 11.6 Å². The van der Waals surface area contributed by atoms with E-state index in [1.54, 1.807) is 17.4 Å². The lowest BCUT2D eigenvalue weighted by molar-refractivity contribution is 0.589. The minimum Gasteiger partial charge on any atom is -0.354 e. The number of aryl methyl sites for hydroxylation is 1. The van der Waals surface area contributed by atoms with Gasteiger partial charge in [0.15, 0.2) is 0 Å². The molecule has 0 bridgehead atoms. The number of aromatic nitrogens is 2. The van der Waals surface area contributed by atoms with Crippen LogP contribution >= 0.6 is 11.3 Å². The third-order valence-corrected chi connectivity index (χ3v) is 5.70. The summed E-state index contributed by atoms with van der Waals surface area (Å²) in [6.45, 7) is 6.33. The molecular formula is C21H18F2N2S. The van der Waals surface area contributed by atoms with E-state index in [1.807, 2.05) is 18.2 Å². The van der Waals surface area contributed by atoms with Crippen molar-refractivity contribution in [3.8, 4) is 22.5 Å². The van der Waals surface area contributed by atoms with Gasteiger partial charge < -0.3 is 4.98 Å². The van der Waals surface area contributed by atoms with Crippen LogP contribution in [0.2, 0.25) is 0 Å². The highest BCUT2D eigenvalue weighted by Crippen LogP contribution is 2.34. The average Bonchev–Trinajstić information content (AvgIpc) is 3.17. The zero-order valence-electron chi connectivity index (χ0n) is 14.7. The first-order valence-electron chi connectivity index (χ1n) is 8.49. The second kappa shape index (κ2) is 6.32. The molecule has 0 aliphatic carbocycles. The van der Waals surface area contributed by atoms with Crippen molar-refractivity contribution in [2.24, 2.45) is 0 Å². The monoisotopic (exact) mass is 368 g/mol. The Balaban J connectivity index is 1.82. The molecule has 4 rings (SSSR count). The fourth-order valence-corrected chi connectivity index (χ4v) is 4.05. The Morgan fingerprint density at radius 3 is 2.42 bits per heavy atom. The molecule has 0 aliphatic rings. The van der Waals surface area contributed by atoms with Crippen LogP contribution in [0.4, 0.5) is 8.78 Å². The van der Waals surface area contributed by atoms with Gasteiger partial charge in [-0.1, -0.05) is 26.0 Å². The molecule has 0 fully saturated rings. The van der Waals surface area contributed by atoms with E-state index < -0.39 is 11.6 Å². The van der Waals surface area contributed by atoms with Gasteiger partial charge in [-0.05, 0) is 37.3 Å². The van der Waals surface area contributed by atoms with Crippen molar-refractivity contribution in [2.75, 3.05) is 0 Å². The summed E-state index contributed by atoms with van der Waals surface area (Å²) in [6.07, 6.45) is 0. The number of nitrogens with zero attached hydrogens (tertiary/aromatic N) is 1. The Hall–Kier alpha value is -2.53. The van der Waals surface area contributed by atoms with E-state index in [0.29, 0.717) is 11.6 Å². The maximum Gasteiger partial charge on any atom is 0.135 e. The summed E-state index contributed by atoms with van der Waals surface area (Å²) in [4.78, 5) is 9.05. The molecule has 2 aromatic heterocycles. The van der Waals surface area contributed by atoms with Crippen LogP contribution in [0.1, 0.15) is 29.7 Å². The molecule has 0 radical (unpaired) electrons. The number of fused-ring (bicyclic) bond motifs is 1. The molecule has 2 heterocycles. The van der Waals surface area contributed by atoms with Crippen molar-refractivity contribution in [3.05, 3.63) is 64.0 Å². The number of thiazole rings is 1. The molecule has 1 N–H and O–H groups in total. The summed E-state index contributed by atoms with van der Waals surface area (Å²) in [5, 5.41) is 2.01. The van der Waals surface area contributed by atoms with Crippen molar-refractivity contribution >= 4 is 22.2 Å². The van der Waals surface area contributed by atoms with Crippen LogP contribution in [-0.4, -0.2) is 9.97 Å². The topological polar surface area (TPSA) is 28.7 Å². The van der Waals surface area contributed by atoms with Gasteiger partial charge in [-0.15, -0.1) is 11.3 Å². The molecule has 4 aromatic rings. The van der Waals surface area contributed by atoms with Crippen molar-refractivity contribution in [1.29, 1.82) is 0 Å². The minimum atomic E-state index is -0.575. The highest BCUT2D eigenvalue weighted by atomic mass is 32.1. The Morgan fingerprint density at radius 2 is 1.77 bits per heavy atom. The molecule has 2 nitrogen and oxygen atoms in total. The lowest BCUT2D eigenvalue weighted by Gasteiger charge is -2.01. The molecule has 2 aromatic carbocycles. The number of hydrogen-bond acceptors (Lipinski definition) is 2. The average molecular weight is 368 g/mol. The number of rotatable bonds is 3. The standard InChI is InChI=1S/C21H18F2N2S/c1-11(2)21-25-20(12(3)26-21)13-7-8-17-14(9-13)10-18(24-17)19-15(22)5-4-6-16(19)23/h4-11,24H,1-3H3. The molecule has 0 atom stereocenters. The number of aromatic amines is 1. The van der Waals surface area contributed by atoms with E-state index in [0.717, 1.165) is 27.2 Å². The second-order valence-corrected chi connectivity index (χ2v) is 7.93. The van der Waals surface area contributed by atoms with Crippen LogP contribution in [0.15, 0.2) is 42.5 Å². The molecule has 0 spiro atoms. The zero-order valence-corrected chi connectivity index (χ0v) is 15.5. The van der Waals surface area contributed by atoms with Gasteiger partial charge in [-0.3, -0.25) is 0 Å².